The number of rotatable bonds is 17. The Bertz CT molecular complexity index is 1490. The SMILES string of the molecule is O=C(NCCCCCN(CCNc1nc(Nc2ccc(C(=O)O)cc2)nc(OCC(F)(F)F)n1)C(=O)C(F)(F)F)OCc1ccccc1. The number of carbonyl (C=O) groups is 3. The summed E-state index contributed by atoms with van der Waals surface area (Å²) in [6, 6.07) is 13.4. The van der Waals surface area contributed by atoms with Crippen LogP contribution >= 0.6 is 0 Å². The maximum absolute atomic E-state index is 13.3. The van der Waals surface area contributed by atoms with Crippen molar-refractivity contribution in [3.63, 3.8) is 0 Å². The summed E-state index contributed by atoms with van der Waals surface area (Å²) >= 11 is 0. The standard InChI is InChI=1S/C29H31F6N7O6/c30-28(31,32)18-48-26-40-24(39-25(41-26)38-21-11-9-20(10-12-21)22(43)44)36-14-16-42(23(45)29(33,34)35)15-6-2-5-13-37-27(46)47-17-19-7-3-1-4-8-19/h1,3-4,7-12H,2,5-6,13-18H2,(H,37,46)(H,43,44)(H2,36,38,39,40,41). The first-order chi connectivity index (χ1) is 22.7. The van der Waals surface area contributed by atoms with Crippen LogP contribution in [-0.4, -0.2) is 88.1 Å². The van der Waals surface area contributed by atoms with Gasteiger partial charge in [0.05, 0.1) is 5.56 Å². The van der Waals surface area contributed by atoms with Crippen LogP contribution in [0.2, 0.25) is 0 Å². The van der Waals surface area contributed by atoms with Crippen LogP contribution in [0.5, 0.6) is 6.01 Å². The highest BCUT2D eigenvalue weighted by atomic mass is 19.4. The third-order valence-corrected chi connectivity index (χ3v) is 6.15. The zero-order chi connectivity index (χ0) is 35.2. The monoisotopic (exact) mass is 687 g/mol. The summed E-state index contributed by atoms with van der Waals surface area (Å²) in [6.07, 6.45) is -9.63. The Labute approximate surface area is 269 Å². The molecule has 3 aromatic rings. The maximum Gasteiger partial charge on any atom is 0.471 e. The van der Waals surface area contributed by atoms with Gasteiger partial charge in [0, 0.05) is 31.9 Å². The number of amides is 2. The van der Waals surface area contributed by atoms with Crippen molar-refractivity contribution in [3.05, 3.63) is 65.7 Å². The number of aromatic nitrogens is 3. The van der Waals surface area contributed by atoms with Gasteiger partial charge in [-0.25, -0.2) is 9.59 Å². The normalized spacial score (nSPS) is 11.4. The third kappa shape index (κ3) is 13.6. The third-order valence-electron chi connectivity index (χ3n) is 6.15. The molecular weight excluding hydrogens is 656 g/mol. The number of ether oxygens (including phenoxy) is 2. The van der Waals surface area contributed by atoms with Crippen molar-refractivity contribution in [3.8, 4) is 6.01 Å². The van der Waals surface area contributed by atoms with Crippen molar-refractivity contribution in [1.29, 1.82) is 0 Å². The second-order valence-electron chi connectivity index (χ2n) is 9.94. The molecular formula is C29H31F6N7O6. The molecule has 0 aliphatic rings. The summed E-state index contributed by atoms with van der Waals surface area (Å²) in [5.74, 6) is -3.99. The lowest BCUT2D eigenvalue weighted by Gasteiger charge is -2.24. The lowest BCUT2D eigenvalue weighted by atomic mass is 10.2. The summed E-state index contributed by atoms with van der Waals surface area (Å²) in [4.78, 5) is 46.9. The molecule has 48 heavy (non-hydrogen) atoms. The minimum Gasteiger partial charge on any atom is -0.478 e. The molecule has 13 nitrogen and oxygen atoms in total. The van der Waals surface area contributed by atoms with E-state index in [1.54, 1.807) is 24.3 Å². The smallest absolute Gasteiger partial charge is 0.471 e. The van der Waals surface area contributed by atoms with Crippen molar-refractivity contribution in [2.75, 3.05) is 43.4 Å². The molecule has 0 radical (unpaired) electrons. The number of nitrogens with one attached hydrogen (secondary N) is 3. The number of anilines is 3. The fourth-order valence-electron chi connectivity index (χ4n) is 3.89. The van der Waals surface area contributed by atoms with Gasteiger partial charge >= 0.3 is 36.3 Å². The highest BCUT2D eigenvalue weighted by Gasteiger charge is 2.42. The van der Waals surface area contributed by atoms with E-state index in [2.05, 4.69) is 35.6 Å². The van der Waals surface area contributed by atoms with Crippen LogP contribution in [0.25, 0.3) is 0 Å². The fraction of sp³-hybridized carbons (Fsp3) is 0.379. The van der Waals surface area contributed by atoms with E-state index >= 15 is 0 Å². The van der Waals surface area contributed by atoms with Gasteiger partial charge < -0.3 is 35.4 Å². The second-order valence-corrected chi connectivity index (χ2v) is 9.94. The Balaban J connectivity index is 1.55. The van der Waals surface area contributed by atoms with Crippen LogP contribution in [0.3, 0.4) is 0 Å². The highest BCUT2D eigenvalue weighted by molar-refractivity contribution is 5.88. The summed E-state index contributed by atoms with van der Waals surface area (Å²) in [7, 11) is 0. The van der Waals surface area contributed by atoms with E-state index in [0.717, 1.165) is 5.56 Å². The minimum atomic E-state index is -5.16. The molecule has 1 heterocycles. The molecule has 0 saturated heterocycles. The number of carboxylic acids is 1. The summed E-state index contributed by atoms with van der Waals surface area (Å²) in [6.45, 7) is -2.59. The van der Waals surface area contributed by atoms with Gasteiger partial charge in [0.2, 0.25) is 11.9 Å². The Hall–Kier alpha value is -5.36. The van der Waals surface area contributed by atoms with E-state index in [-0.39, 0.29) is 55.8 Å². The van der Waals surface area contributed by atoms with E-state index in [9.17, 15) is 40.7 Å². The van der Waals surface area contributed by atoms with Gasteiger partial charge in [-0.1, -0.05) is 30.3 Å². The van der Waals surface area contributed by atoms with Crippen LogP contribution < -0.4 is 20.7 Å². The molecule has 2 aromatic carbocycles. The Kier molecular flexibility index (Phi) is 13.5. The average molecular weight is 688 g/mol. The molecule has 0 unspecified atom stereocenters. The molecule has 0 fully saturated rings. The number of alkyl halides is 6. The first kappa shape index (κ1) is 37.1. The number of carbonyl (C=O) groups excluding carboxylic acids is 2. The van der Waals surface area contributed by atoms with Crippen LogP contribution in [-0.2, 0) is 16.1 Å². The van der Waals surface area contributed by atoms with Gasteiger partial charge in [-0.2, -0.15) is 41.3 Å². The van der Waals surface area contributed by atoms with Crippen molar-refractivity contribution < 1.29 is 55.3 Å². The number of hydrogen-bond donors (Lipinski definition) is 4. The molecule has 0 aliphatic heterocycles. The van der Waals surface area contributed by atoms with E-state index in [1.807, 2.05) is 6.07 Å². The van der Waals surface area contributed by atoms with Crippen LogP contribution in [0, 0.1) is 0 Å². The number of nitrogens with zero attached hydrogens (tertiary/aromatic N) is 4. The zero-order valence-corrected chi connectivity index (χ0v) is 25.1. The Morgan fingerprint density at radius 2 is 1.50 bits per heavy atom. The maximum atomic E-state index is 13.3. The molecule has 260 valence electrons. The number of carboxylic acid groups (broad SMARTS) is 1. The van der Waals surface area contributed by atoms with Crippen LogP contribution in [0.15, 0.2) is 54.6 Å². The molecule has 2 amide bonds. The topological polar surface area (TPSA) is 168 Å². The predicted molar refractivity (Wildman–Crippen MR) is 158 cm³/mol. The predicted octanol–water partition coefficient (Wildman–Crippen LogP) is 5.15. The zero-order valence-electron chi connectivity index (χ0n) is 25.1. The summed E-state index contributed by atoms with van der Waals surface area (Å²) < 4.78 is 87.7. The molecule has 0 saturated carbocycles. The van der Waals surface area contributed by atoms with E-state index in [0.29, 0.717) is 17.7 Å². The van der Waals surface area contributed by atoms with Gasteiger partial charge in [0.1, 0.15) is 6.61 Å². The fourth-order valence-corrected chi connectivity index (χ4v) is 3.89. The van der Waals surface area contributed by atoms with E-state index in [4.69, 9.17) is 9.84 Å². The van der Waals surface area contributed by atoms with Crippen molar-refractivity contribution >= 4 is 35.6 Å². The quantitative estimate of drug-likeness (QED) is 0.109. The number of aromatic carboxylic acids is 1. The molecule has 4 N–H and O–H groups in total. The number of alkyl carbamates (subject to hydrolysis) is 1. The highest BCUT2D eigenvalue weighted by Crippen LogP contribution is 2.21. The molecule has 0 bridgehead atoms. The first-order valence-corrected chi connectivity index (χ1v) is 14.3. The van der Waals surface area contributed by atoms with Crippen LogP contribution in [0.4, 0.5) is 48.7 Å². The first-order valence-electron chi connectivity index (χ1n) is 14.3. The lowest BCUT2D eigenvalue weighted by Crippen LogP contribution is -2.43. The number of benzene rings is 2. The van der Waals surface area contributed by atoms with Gasteiger partial charge in [-0.05, 0) is 49.1 Å². The van der Waals surface area contributed by atoms with E-state index in [1.165, 1.54) is 24.3 Å². The van der Waals surface area contributed by atoms with Gasteiger partial charge in [-0.3, -0.25) is 4.79 Å². The van der Waals surface area contributed by atoms with Gasteiger partial charge in [0.25, 0.3) is 0 Å². The van der Waals surface area contributed by atoms with Crippen molar-refractivity contribution in [1.82, 2.24) is 25.2 Å². The number of unbranched alkanes of at least 4 members (excludes halogenated alkanes) is 2. The molecule has 3 rings (SSSR count). The molecule has 0 atom stereocenters. The number of halogens is 6. The van der Waals surface area contributed by atoms with E-state index < -0.39 is 49.5 Å². The molecule has 19 heteroatoms. The molecule has 0 aliphatic carbocycles. The number of hydrogen-bond acceptors (Lipinski definition) is 10. The van der Waals surface area contributed by atoms with Crippen LogP contribution in [0.1, 0.15) is 35.2 Å². The average Bonchev–Trinajstić information content (AvgIpc) is 3.03. The molecule has 1 aromatic heterocycles. The Morgan fingerprint density at radius 3 is 2.15 bits per heavy atom. The summed E-state index contributed by atoms with van der Waals surface area (Å²) in [5, 5.41) is 16.8. The Morgan fingerprint density at radius 1 is 0.812 bits per heavy atom. The van der Waals surface area contributed by atoms with Gasteiger partial charge in [-0.15, -0.1) is 0 Å². The summed E-state index contributed by atoms with van der Waals surface area (Å²) in [5.41, 5.74) is 1.01. The van der Waals surface area contributed by atoms with Gasteiger partial charge in [0.15, 0.2) is 6.61 Å². The molecule has 0 spiro atoms. The minimum absolute atomic E-state index is 0.0402. The second kappa shape index (κ2) is 17.5. The lowest BCUT2D eigenvalue weighted by molar-refractivity contribution is -0.185. The van der Waals surface area contributed by atoms with Crippen molar-refractivity contribution in [2.45, 2.75) is 38.2 Å². The largest absolute Gasteiger partial charge is 0.478 e. The van der Waals surface area contributed by atoms with Crippen molar-refractivity contribution in [2.24, 2.45) is 0 Å².